The van der Waals surface area contributed by atoms with E-state index in [0.717, 1.165) is 10.6 Å². The van der Waals surface area contributed by atoms with Crippen LogP contribution in [0.4, 0.5) is 39.0 Å². The predicted octanol–water partition coefficient (Wildman–Crippen LogP) is 4.98. The van der Waals surface area contributed by atoms with Crippen LogP contribution in [0.15, 0.2) is 42.5 Å². The van der Waals surface area contributed by atoms with Gasteiger partial charge in [0, 0.05) is 49.2 Å². The summed E-state index contributed by atoms with van der Waals surface area (Å²) in [5.74, 6) is -9.20. The first-order chi connectivity index (χ1) is 17.2. The van der Waals surface area contributed by atoms with Crippen LogP contribution in [0.2, 0.25) is 0 Å². The normalized spacial score (nSPS) is 13.5. The Morgan fingerprint density at radius 3 is 1.69 bits per heavy atom. The van der Waals surface area contributed by atoms with E-state index in [-0.39, 0.29) is 32.1 Å². The van der Waals surface area contributed by atoms with Crippen LogP contribution in [0, 0.1) is 29.1 Å². The molecule has 1 fully saturated rings. The summed E-state index contributed by atoms with van der Waals surface area (Å²) in [5, 5.41) is 2.79. The van der Waals surface area contributed by atoms with E-state index in [4.69, 9.17) is 9.47 Å². The Labute approximate surface area is 203 Å². The Balaban J connectivity index is 1.41. The largest absolute Gasteiger partial charge is 0.497 e. The van der Waals surface area contributed by atoms with Gasteiger partial charge in [-0.25, -0.2) is 22.0 Å². The fourth-order valence-electron chi connectivity index (χ4n) is 3.96. The monoisotopic (exact) mass is 507 g/mol. The van der Waals surface area contributed by atoms with Crippen molar-refractivity contribution in [3.05, 3.63) is 77.1 Å². The second-order valence-corrected chi connectivity index (χ2v) is 7.99. The molecule has 6 nitrogen and oxygen atoms in total. The lowest BCUT2D eigenvalue weighted by Gasteiger charge is -2.37. The molecule has 0 spiro atoms. The second kappa shape index (κ2) is 10.3. The zero-order chi connectivity index (χ0) is 26.0. The maximum Gasteiger partial charge on any atom is 0.255 e. The van der Waals surface area contributed by atoms with Gasteiger partial charge in [0.1, 0.15) is 17.2 Å². The molecule has 3 aromatic rings. The number of benzene rings is 3. The van der Waals surface area contributed by atoms with Crippen molar-refractivity contribution in [2.75, 3.05) is 55.5 Å². The second-order valence-electron chi connectivity index (χ2n) is 7.99. The summed E-state index contributed by atoms with van der Waals surface area (Å²) in [6.07, 6.45) is 0. The summed E-state index contributed by atoms with van der Waals surface area (Å²) in [4.78, 5) is 15.7. The Bertz CT molecular complexity index is 1230. The van der Waals surface area contributed by atoms with Gasteiger partial charge in [0.05, 0.1) is 14.2 Å². The molecule has 190 valence electrons. The third-order valence-electron chi connectivity index (χ3n) is 5.89. The van der Waals surface area contributed by atoms with Gasteiger partial charge < -0.3 is 24.6 Å². The van der Waals surface area contributed by atoms with E-state index >= 15 is 0 Å². The number of rotatable bonds is 6. The van der Waals surface area contributed by atoms with Crippen molar-refractivity contribution in [2.24, 2.45) is 0 Å². The molecule has 36 heavy (non-hydrogen) atoms. The van der Waals surface area contributed by atoms with Crippen molar-refractivity contribution >= 4 is 23.0 Å². The van der Waals surface area contributed by atoms with Crippen LogP contribution in [0.1, 0.15) is 10.4 Å². The van der Waals surface area contributed by atoms with E-state index in [0.29, 0.717) is 22.7 Å². The number of carbonyl (C=O) groups excluding carboxylic acids is 1. The van der Waals surface area contributed by atoms with Gasteiger partial charge in [-0.15, -0.1) is 0 Å². The number of nitrogens with zero attached hydrogens (tertiary/aromatic N) is 2. The van der Waals surface area contributed by atoms with Gasteiger partial charge in [0.15, 0.2) is 23.3 Å². The molecule has 0 aromatic heterocycles. The Kier molecular flexibility index (Phi) is 7.18. The van der Waals surface area contributed by atoms with Crippen molar-refractivity contribution in [3.8, 4) is 11.5 Å². The number of nitrogens with one attached hydrogen (secondary N) is 1. The van der Waals surface area contributed by atoms with Gasteiger partial charge >= 0.3 is 0 Å². The minimum absolute atomic E-state index is 0.0501. The molecule has 11 heteroatoms. The van der Waals surface area contributed by atoms with Crippen molar-refractivity contribution in [3.63, 3.8) is 0 Å². The molecule has 0 radical (unpaired) electrons. The zero-order valence-electron chi connectivity index (χ0n) is 19.4. The number of piperazine rings is 1. The molecule has 1 heterocycles. The van der Waals surface area contributed by atoms with Gasteiger partial charge in [0.2, 0.25) is 5.82 Å². The summed E-state index contributed by atoms with van der Waals surface area (Å²) in [6.45, 7) is 0.673. The number of hydrogen-bond donors (Lipinski definition) is 1. The third-order valence-corrected chi connectivity index (χ3v) is 5.89. The number of carbonyl (C=O) groups is 1. The van der Waals surface area contributed by atoms with Crippen molar-refractivity contribution in [1.82, 2.24) is 0 Å². The summed E-state index contributed by atoms with van der Waals surface area (Å²) in [6, 6.07) is 11.7. The Morgan fingerprint density at radius 1 is 0.722 bits per heavy atom. The smallest absolute Gasteiger partial charge is 0.255 e. The molecule has 0 unspecified atom stereocenters. The Morgan fingerprint density at radius 2 is 1.19 bits per heavy atom. The predicted molar refractivity (Wildman–Crippen MR) is 125 cm³/mol. The van der Waals surface area contributed by atoms with Gasteiger partial charge in [-0.1, -0.05) is 0 Å². The standard InChI is InChI=1S/C25H22F5N3O3/c1-35-17-11-14(12-18(13-17)36-2)25(34)31-15-3-5-16(6-4-15)32-7-9-33(10-8-32)24-22(29)20(27)19(26)21(28)23(24)30/h3-6,11-13H,7-10H2,1-2H3,(H,31,34). The first-order valence-corrected chi connectivity index (χ1v) is 10.9. The highest BCUT2D eigenvalue weighted by atomic mass is 19.2. The molecule has 0 atom stereocenters. The topological polar surface area (TPSA) is 54.0 Å². The molecule has 0 bridgehead atoms. The summed E-state index contributed by atoms with van der Waals surface area (Å²) in [7, 11) is 2.97. The van der Waals surface area contributed by atoms with Crippen LogP contribution in [-0.2, 0) is 0 Å². The third kappa shape index (κ3) is 4.86. The molecule has 1 saturated heterocycles. The van der Waals surface area contributed by atoms with E-state index < -0.39 is 34.8 Å². The fraction of sp³-hybridized carbons (Fsp3) is 0.240. The van der Waals surface area contributed by atoms with Crippen molar-refractivity contribution in [2.45, 2.75) is 0 Å². The van der Waals surface area contributed by atoms with E-state index in [1.807, 2.05) is 4.90 Å². The number of anilines is 3. The minimum Gasteiger partial charge on any atom is -0.497 e. The molecule has 1 aliphatic rings. The SMILES string of the molecule is COc1cc(OC)cc(C(=O)Nc2ccc(N3CCN(c4c(F)c(F)c(F)c(F)c4F)CC3)cc2)c1. The van der Waals surface area contributed by atoms with Gasteiger partial charge in [-0.2, -0.15) is 0 Å². The lowest BCUT2D eigenvalue weighted by Crippen LogP contribution is -2.47. The van der Waals surface area contributed by atoms with E-state index in [9.17, 15) is 26.7 Å². The zero-order valence-corrected chi connectivity index (χ0v) is 19.4. The molecule has 0 aliphatic carbocycles. The molecule has 0 saturated carbocycles. The first-order valence-electron chi connectivity index (χ1n) is 10.9. The van der Waals surface area contributed by atoms with Crippen LogP contribution >= 0.6 is 0 Å². The Hall–Kier alpha value is -4.02. The summed E-state index contributed by atoms with van der Waals surface area (Å²) >= 11 is 0. The lowest BCUT2D eigenvalue weighted by atomic mass is 10.1. The highest BCUT2D eigenvalue weighted by Crippen LogP contribution is 2.31. The van der Waals surface area contributed by atoms with E-state index in [1.54, 1.807) is 42.5 Å². The summed E-state index contributed by atoms with van der Waals surface area (Å²) in [5.41, 5.74) is 0.733. The molecule has 1 aliphatic heterocycles. The fourth-order valence-corrected chi connectivity index (χ4v) is 3.96. The summed E-state index contributed by atoms with van der Waals surface area (Å²) < 4.78 is 79.1. The quantitative estimate of drug-likeness (QED) is 0.290. The average molecular weight is 507 g/mol. The van der Waals surface area contributed by atoms with Crippen LogP contribution in [-0.4, -0.2) is 46.3 Å². The van der Waals surface area contributed by atoms with Crippen LogP contribution in [0.5, 0.6) is 11.5 Å². The molecule has 1 amide bonds. The first kappa shape index (κ1) is 25.1. The highest BCUT2D eigenvalue weighted by molar-refractivity contribution is 6.04. The van der Waals surface area contributed by atoms with Crippen molar-refractivity contribution in [1.29, 1.82) is 0 Å². The molecule has 3 aromatic carbocycles. The molecular formula is C25H22F5N3O3. The molecule has 1 N–H and O–H groups in total. The number of ether oxygens (including phenoxy) is 2. The van der Waals surface area contributed by atoms with Gasteiger partial charge in [-0.05, 0) is 36.4 Å². The van der Waals surface area contributed by atoms with E-state index in [2.05, 4.69) is 5.32 Å². The van der Waals surface area contributed by atoms with Gasteiger partial charge in [0.25, 0.3) is 5.91 Å². The number of methoxy groups -OCH3 is 2. The van der Waals surface area contributed by atoms with E-state index in [1.165, 1.54) is 14.2 Å². The highest BCUT2D eigenvalue weighted by Gasteiger charge is 2.30. The maximum atomic E-state index is 14.1. The lowest BCUT2D eigenvalue weighted by molar-refractivity contribution is 0.102. The van der Waals surface area contributed by atoms with Crippen molar-refractivity contribution < 1.29 is 36.2 Å². The van der Waals surface area contributed by atoms with Crippen LogP contribution < -0.4 is 24.6 Å². The van der Waals surface area contributed by atoms with Gasteiger partial charge in [-0.3, -0.25) is 4.79 Å². The number of amides is 1. The number of halogens is 5. The maximum absolute atomic E-state index is 14.1. The minimum atomic E-state index is -2.18. The molecule has 4 rings (SSSR count). The molecular weight excluding hydrogens is 485 g/mol. The van der Waals surface area contributed by atoms with Crippen LogP contribution in [0.3, 0.4) is 0 Å². The number of hydrogen-bond acceptors (Lipinski definition) is 5. The van der Waals surface area contributed by atoms with Crippen LogP contribution in [0.25, 0.3) is 0 Å². The average Bonchev–Trinajstić information content (AvgIpc) is 2.91.